The van der Waals surface area contributed by atoms with E-state index in [1.54, 1.807) is 0 Å². The predicted molar refractivity (Wildman–Crippen MR) is 63.9 cm³/mol. The Labute approximate surface area is 92.1 Å². The molecule has 0 saturated heterocycles. The fourth-order valence-electron chi connectivity index (χ4n) is 2.23. The Morgan fingerprint density at radius 1 is 1.33 bits per heavy atom. The molecular formula is C13H20N2. The number of pyridine rings is 1. The van der Waals surface area contributed by atoms with Crippen molar-refractivity contribution in [1.82, 2.24) is 4.98 Å². The van der Waals surface area contributed by atoms with E-state index in [0.29, 0.717) is 11.5 Å². The summed E-state index contributed by atoms with van der Waals surface area (Å²) in [6.45, 7) is 4.74. The highest BCUT2D eigenvalue weighted by atomic mass is 14.9. The molecule has 1 saturated carbocycles. The third-order valence-corrected chi connectivity index (χ3v) is 3.37. The Hall–Kier alpha value is -1.05. The van der Waals surface area contributed by atoms with E-state index in [2.05, 4.69) is 30.2 Å². The molecule has 0 spiro atoms. The van der Waals surface area contributed by atoms with Crippen molar-refractivity contribution in [2.24, 2.45) is 5.41 Å². The smallest absolute Gasteiger partial charge is 0.0528 e. The topological polar surface area (TPSA) is 24.9 Å². The molecule has 1 fully saturated rings. The van der Waals surface area contributed by atoms with Gasteiger partial charge in [-0.15, -0.1) is 0 Å². The Balaban J connectivity index is 1.88. The molecule has 82 valence electrons. The van der Waals surface area contributed by atoms with Crippen LogP contribution in [0.4, 0.5) is 5.69 Å². The molecule has 1 N–H and O–H groups in total. The van der Waals surface area contributed by atoms with Crippen LogP contribution < -0.4 is 5.32 Å². The molecule has 2 heteroatoms. The molecule has 1 aromatic rings. The maximum absolute atomic E-state index is 4.12. The summed E-state index contributed by atoms with van der Waals surface area (Å²) < 4.78 is 0. The number of hydrogen-bond acceptors (Lipinski definition) is 2. The van der Waals surface area contributed by atoms with Crippen LogP contribution in [0.25, 0.3) is 0 Å². The van der Waals surface area contributed by atoms with Crippen molar-refractivity contribution >= 4 is 5.69 Å². The van der Waals surface area contributed by atoms with E-state index < -0.39 is 0 Å². The van der Waals surface area contributed by atoms with E-state index in [1.807, 2.05) is 18.5 Å². The second-order valence-corrected chi connectivity index (χ2v) is 5.32. The van der Waals surface area contributed by atoms with Crippen LogP contribution in [-0.2, 0) is 0 Å². The number of nitrogens with one attached hydrogen (secondary N) is 1. The first kappa shape index (κ1) is 10.5. The summed E-state index contributed by atoms with van der Waals surface area (Å²) >= 11 is 0. The highest BCUT2D eigenvalue weighted by Crippen LogP contribution is 2.35. The minimum absolute atomic E-state index is 0.549. The fraction of sp³-hybridized carbons (Fsp3) is 0.615. The summed E-state index contributed by atoms with van der Waals surface area (Å²) in [4.78, 5) is 4.12. The molecule has 0 aromatic carbocycles. The molecular weight excluding hydrogens is 184 g/mol. The zero-order valence-electron chi connectivity index (χ0n) is 9.66. The van der Waals surface area contributed by atoms with Gasteiger partial charge in [-0.05, 0) is 43.2 Å². The Bertz CT molecular complexity index is 296. The van der Waals surface area contributed by atoms with Gasteiger partial charge in [0.2, 0.25) is 0 Å². The molecule has 0 bridgehead atoms. The summed E-state index contributed by atoms with van der Waals surface area (Å²) in [5.74, 6) is 0. The lowest BCUT2D eigenvalue weighted by atomic mass is 9.75. The van der Waals surface area contributed by atoms with Crippen LogP contribution in [0.2, 0.25) is 0 Å². The van der Waals surface area contributed by atoms with Gasteiger partial charge in [-0.25, -0.2) is 0 Å². The Morgan fingerprint density at radius 3 is 2.67 bits per heavy atom. The van der Waals surface area contributed by atoms with Gasteiger partial charge in [-0.3, -0.25) is 4.98 Å². The van der Waals surface area contributed by atoms with Gasteiger partial charge in [0.15, 0.2) is 0 Å². The standard InChI is InChI=1S/C13H20N2/c1-13(2)7-5-11(6-8-13)15-12-4-3-9-14-10-12/h3-4,9-11,15H,5-8H2,1-2H3. The first-order chi connectivity index (χ1) is 7.16. The van der Waals surface area contributed by atoms with Crippen LogP contribution in [0, 0.1) is 5.41 Å². The largest absolute Gasteiger partial charge is 0.381 e. The molecule has 1 aliphatic carbocycles. The molecule has 0 atom stereocenters. The summed E-state index contributed by atoms with van der Waals surface area (Å²) in [5, 5.41) is 3.56. The van der Waals surface area contributed by atoms with Crippen molar-refractivity contribution in [2.75, 3.05) is 5.32 Å². The zero-order chi connectivity index (χ0) is 10.7. The summed E-state index contributed by atoms with van der Waals surface area (Å²) in [5.41, 5.74) is 1.70. The van der Waals surface area contributed by atoms with Crippen LogP contribution in [0.15, 0.2) is 24.5 Å². The van der Waals surface area contributed by atoms with Crippen LogP contribution >= 0.6 is 0 Å². The number of anilines is 1. The van der Waals surface area contributed by atoms with Crippen molar-refractivity contribution in [3.63, 3.8) is 0 Å². The number of hydrogen-bond donors (Lipinski definition) is 1. The van der Waals surface area contributed by atoms with Gasteiger partial charge in [0, 0.05) is 18.4 Å². The highest BCUT2D eigenvalue weighted by Gasteiger charge is 2.26. The minimum Gasteiger partial charge on any atom is -0.381 e. The molecule has 1 heterocycles. The first-order valence-electron chi connectivity index (χ1n) is 5.82. The molecule has 0 unspecified atom stereocenters. The molecule has 0 radical (unpaired) electrons. The maximum Gasteiger partial charge on any atom is 0.0528 e. The predicted octanol–water partition coefficient (Wildman–Crippen LogP) is 3.46. The van der Waals surface area contributed by atoms with Crippen molar-refractivity contribution in [3.8, 4) is 0 Å². The quantitative estimate of drug-likeness (QED) is 0.798. The fourth-order valence-corrected chi connectivity index (χ4v) is 2.23. The van der Waals surface area contributed by atoms with Gasteiger partial charge in [0.25, 0.3) is 0 Å². The Kier molecular flexibility index (Phi) is 2.94. The monoisotopic (exact) mass is 204 g/mol. The lowest BCUT2D eigenvalue weighted by Gasteiger charge is -2.35. The third-order valence-electron chi connectivity index (χ3n) is 3.37. The van der Waals surface area contributed by atoms with Crippen molar-refractivity contribution in [1.29, 1.82) is 0 Å². The summed E-state index contributed by atoms with van der Waals surface area (Å²) in [6.07, 6.45) is 8.93. The van der Waals surface area contributed by atoms with E-state index in [0.717, 1.165) is 5.69 Å². The van der Waals surface area contributed by atoms with E-state index in [9.17, 15) is 0 Å². The van der Waals surface area contributed by atoms with Crippen LogP contribution in [-0.4, -0.2) is 11.0 Å². The van der Waals surface area contributed by atoms with Gasteiger partial charge >= 0.3 is 0 Å². The maximum atomic E-state index is 4.12. The van der Waals surface area contributed by atoms with Gasteiger partial charge < -0.3 is 5.32 Å². The van der Waals surface area contributed by atoms with Crippen LogP contribution in [0.1, 0.15) is 39.5 Å². The second-order valence-electron chi connectivity index (χ2n) is 5.32. The van der Waals surface area contributed by atoms with Crippen LogP contribution in [0.5, 0.6) is 0 Å². The Morgan fingerprint density at radius 2 is 2.07 bits per heavy atom. The summed E-state index contributed by atoms with van der Waals surface area (Å²) in [7, 11) is 0. The normalized spacial score (nSPS) is 21.2. The average Bonchev–Trinajstić information content (AvgIpc) is 2.23. The molecule has 0 aliphatic heterocycles. The number of rotatable bonds is 2. The molecule has 0 amide bonds. The van der Waals surface area contributed by atoms with Gasteiger partial charge in [0.1, 0.15) is 0 Å². The van der Waals surface area contributed by atoms with E-state index in [4.69, 9.17) is 0 Å². The first-order valence-corrected chi connectivity index (χ1v) is 5.82. The lowest BCUT2D eigenvalue weighted by molar-refractivity contribution is 0.232. The molecule has 2 nitrogen and oxygen atoms in total. The zero-order valence-corrected chi connectivity index (χ0v) is 9.66. The van der Waals surface area contributed by atoms with Gasteiger partial charge in [-0.1, -0.05) is 13.8 Å². The molecule has 2 rings (SSSR count). The SMILES string of the molecule is CC1(C)CCC(Nc2cccnc2)CC1. The second kappa shape index (κ2) is 4.21. The molecule has 1 aromatic heterocycles. The highest BCUT2D eigenvalue weighted by molar-refractivity contribution is 5.40. The third kappa shape index (κ3) is 2.95. The number of aromatic nitrogens is 1. The van der Waals surface area contributed by atoms with Gasteiger partial charge in [-0.2, -0.15) is 0 Å². The van der Waals surface area contributed by atoms with Crippen molar-refractivity contribution in [3.05, 3.63) is 24.5 Å². The van der Waals surface area contributed by atoms with Crippen molar-refractivity contribution < 1.29 is 0 Å². The molecule has 15 heavy (non-hydrogen) atoms. The van der Waals surface area contributed by atoms with E-state index >= 15 is 0 Å². The van der Waals surface area contributed by atoms with E-state index in [-0.39, 0.29) is 0 Å². The lowest BCUT2D eigenvalue weighted by Crippen LogP contribution is -2.29. The minimum atomic E-state index is 0.549. The van der Waals surface area contributed by atoms with Gasteiger partial charge in [0.05, 0.1) is 5.69 Å². The van der Waals surface area contributed by atoms with Crippen LogP contribution in [0.3, 0.4) is 0 Å². The summed E-state index contributed by atoms with van der Waals surface area (Å²) in [6, 6.07) is 4.71. The molecule has 1 aliphatic rings. The van der Waals surface area contributed by atoms with E-state index in [1.165, 1.54) is 25.7 Å². The van der Waals surface area contributed by atoms with Crippen molar-refractivity contribution in [2.45, 2.75) is 45.6 Å². The number of nitrogens with zero attached hydrogens (tertiary/aromatic N) is 1. The average molecular weight is 204 g/mol.